The molecule has 0 fully saturated rings. The highest BCUT2D eigenvalue weighted by atomic mass is 16.6. The number of aliphatic carboxylic acids is 1. The van der Waals surface area contributed by atoms with Crippen LogP contribution in [0.25, 0.3) is 0 Å². The molecule has 1 heterocycles. The first-order valence-corrected chi connectivity index (χ1v) is 8.33. The molecular formula is C18H25NO6. The Morgan fingerprint density at radius 3 is 2.56 bits per heavy atom. The Hall–Kier alpha value is -2.44. The van der Waals surface area contributed by atoms with Gasteiger partial charge >= 0.3 is 12.1 Å². The monoisotopic (exact) mass is 351 g/mol. The van der Waals surface area contributed by atoms with Crippen LogP contribution in [-0.4, -0.2) is 42.0 Å². The second kappa shape index (κ2) is 8.09. The van der Waals surface area contributed by atoms with E-state index < -0.39 is 17.7 Å². The summed E-state index contributed by atoms with van der Waals surface area (Å²) in [7, 11) is 0. The molecule has 1 amide bonds. The zero-order chi connectivity index (χ0) is 18.4. The van der Waals surface area contributed by atoms with Gasteiger partial charge in [-0.15, -0.1) is 0 Å². The van der Waals surface area contributed by atoms with Crippen molar-refractivity contribution < 1.29 is 28.9 Å². The van der Waals surface area contributed by atoms with Crippen LogP contribution in [0.1, 0.15) is 39.2 Å². The minimum atomic E-state index is -0.904. The maximum atomic E-state index is 12.0. The van der Waals surface area contributed by atoms with Crippen LogP contribution < -0.4 is 14.8 Å². The van der Waals surface area contributed by atoms with Crippen molar-refractivity contribution in [1.82, 2.24) is 5.32 Å². The van der Waals surface area contributed by atoms with Gasteiger partial charge in [-0.3, -0.25) is 4.79 Å². The first kappa shape index (κ1) is 18.9. The van der Waals surface area contributed by atoms with Crippen molar-refractivity contribution in [3.8, 4) is 11.5 Å². The summed E-state index contributed by atoms with van der Waals surface area (Å²) in [6.45, 7) is 6.35. The van der Waals surface area contributed by atoms with Gasteiger partial charge in [0.1, 0.15) is 18.8 Å². The predicted octanol–water partition coefficient (Wildman–Crippen LogP) is 2.76. The first-order chi connectivity index (χ1) is 11.7. The Balaban J connectivity index is 2.04. The molecule has 0 radical (unpaired) electrons. The van der Waals surface area contributed by atoms with Crippen LogP contribution in [0.3, 0.4) is 0 Å². The first-order valence-electron chi connectivity index (χ1n) is 8.33. The lowest BCUT2D eigenvalue weighted by molar-refractivity contribution is -0.137. The van der Waals surface area contributed by atoms with Crippen molar-refractivity contribution >= 4 is 12.1 Å². The number of alkyl carbamates (subject to hydrolysis) is 1. The van der Waals surface area contributed by atoms with Gasteiger partial charge in [-0.25, -0.2) is 4.79 Å². The van der Waals surface area contributed by atoms with Gasteiger partial charge in [0, 0.05) is 12.5 Å². The standard InChI is InChI=1S/C18H25NO6/c1-18(2,3)25-17(22)19-13(5-7-16(20)21)10-12-4-6-14-15(11-12)24-9-8-23-14/h4,6,11,13H,5,7-10H2,1-3H3,(H,19,22)(H,20,21). The molecule has 1 aromatic rings. The van der Waals surface area contributed by atoms with Gasteiger partial charge in [0.2, 0.25) is 0 Å². The zero-order valence-electron chi connectivity index (χ0n) is 14.8. The molecule has 1 unspecified atom stereocenters. The molecule has 1 aromatic carbocycles. The van der Waals surface area contributed by atoms with Gasteiger partial charge in [-0.1, -0.05) is 6.07 Å². The van der Waals surface area contributed by atoms with Gasteiger partial charge in [-0.2, -0.15) is 0 Å². The number of nitrogens with one attached hydrogen (secondary N) is 1. The van der Waals surface area contributed by atoms with Gasteiger partial charge in [0.15, 0.2) is 11.5 Å². The Morgan fingerprint density at radius 2 is 1.92 bits per heavy atom. The number of carbonyl (C=O) groups excluding carboxylic acids is 1. The van der Waals surface area contributed by atoms with E-state index >= 15 is 0 Å². The maximum absolute atomic E-state index is 12.0. The van der Waals surface area contributed by atoms with Crippen molar-refractivity contribution in [1.29, 1.82) is 0 Å². The normalized spacial score (nSPS) is 14.5. The van der Waals surface area contributed by atoms with Crippen molar-refractivity contribution in [2.75, 3.05) is 13.2 Å². The van der Waals surface area contributed by atoms with Gasteiger partial charge in [0.05, 0.1) is 0 Å². The molecule has 0 aliphatic carbocycles. The van der Waals surface area contributed by atoms with E-state index in [9.17, 15) is 9.59 Å². The minimum Gasteiger partial charge on any atom is -0.486 e. The Bertz CT molecular complexity index is 622. The smallest absolute Gasteiger partial charge is 0.407 e. The van der Waals surface area contributed by atoms with Crippen LogP contribution in [0, 0.1) is 0 Å². The number of rotatable bonds is 6. The van der Waals surface area contributed by atoms with Gasteiger partial charge < -0.3 is 24.6 Å². The van der Waals surface area contributed by atoms with E-state index in [1.807, 2.05) is 18.2 Å². The number of ether oxygens (including phenoxy) is 3. The number of hydrogen-bond acceptors (Lipinski definition) is 5. The third-order valence-electron chi connectivity index (χ3n) is 3.52. The second-order valence-electron chi connectivity index (χ2n) is 6.96. The Morgan fingerprint density at radius 1 is 1.24 bits per heavy atom. The van der Waals surface area contributed by atoms with Crippen LogP contribution >= 0.6 is 0 Å². The fraction of sp³-hybridized carbons (Fsp3) is 0.556. The summed E-state index contributed by atoms with van der Waals surface area (Å²) in [6, 6.07) is 5.22. The van der Waals surface area contributed by atoms with Crippen molar-refractivity contribution in [3.05, 3.63) is 23.8 Å². The predicted molar refractivity (Wildman–Crippen MR) is 91.2 cm³/mol. The van der Waals surface area contributed by atoms with Crippen molar-refractivity contribution in [3.63, 3.8) is 0 Å². The van der Waals surface area contributed by atoms with E-state index in [2.05, 4.69) is 5.32 Å². The van der Waals surface area contributed by atoms with E-state index in [0.717, 1.165) is 5.56 Å². The summed E-state index contributed by atoms with van der Waals surface area (Å²) in [5.41, 5.74) is 0.314. The number of hydrogen-bond donors (Lipinski definition) is 2. The summed E-state index contributed by atoms with van der Waals surface area (Å²) in [5.74, 6) is 0.452. The molecule has 0 aromatic heterocycles. The quantitative estimate of drug-likeness (QED) is 0.818. The number of benzene rings is 1. The number of carboxylic acids is 1. The van der Waals surface area contributed by atoms with Gasteiger partial charge in [-0.05, 0) is 51.3 Å². The summed E-state index contributed by atoms with van der Waals surface area (Å²) in [6.07, 6.45) is 0.192. The number of amides is 1. The molecule has 138 valence electrons. The van der Waals surface area contributed by atoms with Crippen LogP contribution in [0.2, 0.25) is 0 Å². The lowest BCUT2D eigenvalue weighted by Crippen LogP contribution is -2.40. The number of fused-ring (bicyclic) bond motifs is 1. The SMILES string of the molecule is CC(C)(C)OC(=O)NC(CCC(=O)O)Cc1ccc2c(c1)OCCO2. The maximum Gasteiger partial charge on any atom is 0.407 e. The van der Waals surface area contributed by atoms with Crippen molar-refractivity contribution in [2.45, 2.75) is 51.7 Å². The molecule has 0 saturated carbocycles. The summed E-state index contributed by atoms with van der Waals surface area (Å²) in [5, 5.41) is 11.7. The topological polar surface area (TPSA) is 94.1 Å². The van der Waals surface area contributed by atoms with Gasteiger partial charge in [0.25, 0.3) is 0 Å². The molecule has 1 aliphatic heterocycles. The summed E-state index contributed by atoms with van der Waals surface area (Å²) in [4.78, 5) is 22.9. The van der Waals surface area contributed by atoms with E-state index in [4.69, 9.17) is 19.3 Å². The van der Waals surface area contributed by atoms with Crippen LogP contribution in [0.5, 0.6) is 11.5 Å². The minimum absolute atomic E-state index is 0.0367. The Kier molecular flexibility index (Phi) is 6.12. The highest BCUT2D eigenvalue weighted by molar-refractivity contribution is 5.69. The van der Waals surface area contributed by atoms with Crippen LogP contribution in [0.4, 0.5) is 4.79 Å². The molecule has 25 heavy (non-hydrogen) atoms. The van der Waals surface area contributed by atoms with E-state index in [0.29, 0.717) is 37.6 Å². The third kappa shape index (κ3) is 6.52. The molecule has 2 N–H and O–H groups in total. The third-order valence-corrected chi connectivity index (χ3v) is 3.52. The Labute approximate surface area is 147 Å². The van der Waals surface area contributed by atoms with Crippen LogP contribution in [-0.2, 0) is 16.0 Å². The van der Waals surface area contributed by atoms with E-state index in [1.54, 1.807) is 20.8 Å². The summed E-state index contributed by atoms with van der Waals surface area (Å²) >= 11 is 0. The fourth-order valence-electron chi connectivity index (χ4n) is 2.50. The lowest BCUT2D eigenvalue weighted by atomic mass is 10.0. The van der Waals surface area contributed by atoms with Crippen molar-refractivity contribution in [2.24, 2.45) is 0 Å². The van der Waals surface area contributed by atoms with Crippen LogP contribution in [0.15, 0.2) is 18.2 Å². The molecule has 0 saturated heterocycles. The highest BCUT2D eigenvalue weighted by Crippen LogP contribution is 2.31. The second-order valence-corrected chi connectivity index (χ2v) is 6.96. The summed E-state index contributed by atoms with van der Waals surface area (Å²) < 4.78 is 16.3. The zero-order valence-corrected chi connectivity index (χ0v) is 14.8. The molecule has 1 atom stereocenters. The molecule has 0 spiro atoms. The van der Waals surface area contributed by atoms with E-state index in [-0.39, 0.29) is 12.5 Å². The molecule has 0 bridgehead atoms. The molecule has 2 rings (SSSR count). The average Bonchev–Trinajstić information content (AvgIpc) is 2.50. The number of carboxylic acid groups (broad SMARTS) is 1. The highest BCUT2D eigenvalue weighted by Gasteiger charge is 2.21. The molecule has 1 aliphatic rings. The lowest BCUT2D eigenvalue weighted by Gasteiger charge is -2.24. The molecule has 7 heteroatoms. The average molecular weight is 351 g/mol. The largest absolute Gasteiger partial charge is 0.486 e. The fourth-order valence-corrected chi connectivity index (χ4v) is 2.50. The molecule has 7 nitrogen and oxygen atoms in total. The molecular weight excluding hydrogens is 326 g/mol. The number of carbonyl (C=O) groups is 2. The van der Waals surface area contributed by atoms with E-state index in [1.165, 1.54) is 0 Å².